The molecular weight excluding hydrogens is 2440 g/mol. The third-order valence-electron chi connectivity index (χ3n) is 14.1. The quantitative estimate of drug-likeness (QED) is 0.00455. The third-order valence-corrected chi connectivity index (χ3v) is 30.0. The number of halogens is 17. The molecule has 0 bridgehead atoms. The Morgan fingerprint density at radius 2 is 0.877 bits per heavy atom. The van der Waals surface area contributed by atoms with E-state index in [9.17, 15) is 107 Å². The first-order valence-electron chi connectivity index (χ1n) is 33.8. The Morgan fingerprint density at radius 1 is 0.529 bits per heavy atom. The summed E-state index contributed by atoms with van der Waals surface area (Å²) in [4.78, 5) is 86.2. The molecule has 0 unspecified atom stereocenters. The summed E-state index contributed by atoms with van der Waals surface area (Å²) in [6.45, 7) is 0. The molecule has 11 aromatic rings. The molecule has 0 aliphatic heterocycles. The first-order valence-corrected chi connectivity index (χ1v) is 63.7. The number of nitrogens with two attached hydrogens (primary N) is 1. The topological polar surface area (TPSA) is 553 Å². The second-order valence-electron chi connectivity index (χ2n) is 24.5. The number of methoxy groups -OCH3 is 3. The number of nitrogens with one attached hydrogen (secondary N) is 6. The molecule has 10 N–H and O–H groups in total. The molecule has 6 aromatic carbocycles. The van der Waals surface area contributed by atoms with E-state index in [1.165, 1.54) is 139 Å². The number of sulfonamides is 4. The number of alkyl halides is 6. The molecule has 0 atom stereocenters. The van der Waals surface area contributed by atoms with Gasteiger partial charge in [0.1, 0.15) is 16.4 Å². The van der Waals surface area contributed by atoms with Crippen molar-refractivity contribution in [2.24, 2.45) is 0 Å². The Hall–Kier alpha value is -6.94. The second kappa shape index (κ2) is 60.0. The fourth-order valence-electron chi connectivity index (χ4n) is 9.03. The maximum atomic E-state index is 13.0. The number of ether oxygens (including phenoxy) is 3. The van der Waals surface area contributed by atoms with Crippen molar-refractivity contribution in [3.8, 4) is 21.3 Å². The number of carbonyl (C=O) groups excluding carboxylic acids is 5. The SMILES string of the molecule is C.COC(=O)c1ccc(N)cc1Cl.COC(=O)c1ccc(NS(C)(=O)=O)cc1Cl.COC(=O)c1ccc([N+](=O)[O-])cc1Cl.CS(=O)(=O)Cl.CS(=O)(=O)Nc1ccc(-c2nnc(-c3cn4cc(C(F)(F)F)cc(Cl)c4n3)s2)c(Cl)c1.CS(=O)(=O)Nc1ccc(C(=O)NNC(=O)c2cn3cc(C(F)(F)F)cc(Cl)c3n2)c(Cl)c1.CS(=O)(=O)Nc1ccc(C(=O)O)c(Cl)c1.S=PP=S=S=S=S.[Cl][Sn][Cl].[Li+].[OH-]. The fraction of sp³-hybridized carbons (Fsp3) is 0.159. The number of fused-ring (bicyclic) bond motifs is 2. The minimum atomic E-state index is -4.65. The van der Waals surface area contributed by atoms with Gasteiger partial charge in [0.25, 0.3) is 17.5 Å². The first kappa shape index (κ1) is 131. The molecule has 0 saturated heterocycles. The summed E-state index contributed by atoms with van der Waals surface area (Å²) in [7, 11) is 8.00. The third kappa shape index (κ3) is 47.5. The number of imidazole rings is 2. The summed E-state index contributed by atoms with van der Waals surface area (Å²) < 4.78 is 210. The van der Waals surface area contributed by atoms with Crippen LogP contribution in [0, 0.1) is 10.1 Å². The number of nitrogens with zero attached hydrogens (tertiary/aromatic N) is 7. The minimum Gasteiger partial charge on any atom is -0.870 e. The van der Waals surface area contributed by atoms with Gasteiger partial charge in [-0.1, -0.05) is 112 Å². The van der Waals surface area contributed by atoms with Crippen LogP contribution in [0.15, 0.2) is 146 Å². The number of hydrogen-bond acceptors (Lipinski definition) is 30. The van der Waals surface area contributed by atoms with E-state index in [1.54, 1.807) is 30.5 Å². The molecule has 2 radical (unpaired) electrons. The van der Waals surface area contributed by atoms with Crippen molar-refractivity contribution in [1.29, 1.82) is 0 Å². The molecule has 5 aromatic heterocycles. The predicted molar refractivity (Wildman–Crippen MR) is 535 cm³/mol. The normalized spacial score (nSPS) is 10.8. The van der Waals surface area contributed by atoms with Gasteiger partial charge in [0.05, 0.1) is 137 Å². The summed E-state index contributed by atoms with van der Waals surface area (Å²) in [5.74, 6) is -4.58. The van der Waals surface area contributed by atoms with Crippen LogP contribution in [0.3, 0.4) is 0 Å². The zero-order valence-electron chi connectivity index (χ0n) is 69.3. The summed E-state index contributed by atoms with van der Waals surface area (Å²) in [6, 6.07) is 25.9. The van der Waals surface area contributed by atoms with E-state index in [0.717, 1.165) is 84.8 Å². The first-order chi connectivity index (χ1) is 62.3. The largest absolute Gasteiger partial charge is 1.00 e. The van der Waals surface area contributed by atoms with Crippen molar-refractivity contribution in [3.63, 3.8) is 0 Å². The number of hydrazine groups is 1. The van der Waals surface area contributed by atoms with Gasteiger partial charge in [-0.25, -0.2) is 71.2 Å². The zero-order chi connectivity index (χ0) is 103. The van der Waals surface area contributed by atoms with Crippen molar-refractivity contribution < 1.29 is 146 Å². The number of non-ortho nitro benzene ring substituents is 1. The molecule has 138 heavy (non-hydrogen) atoms. The summed E-state index contributed by atoms with van der Waals surface area (Å²) in [6.07, 6.45) is -0.303. The molecule has 746 valence electrons. The Labute approximate surface area is 881 Å². The van der Waals surface area contributed by atoms with Crippen molar-refractivity contribution >= 4 is 346 Å². The van der Waals surface area contributed by atoms with E-state index in [1.807, 2.05) is 0 Å². The van der Waals surface area contributed by atoms with Gasteiger partial charge in [0, 0.05) is 95.7 Å². The van der Waals surface area contributed by atoms with Gasteiger partial charge in [-0.05, 0) is 159 Å². The van der Waals surface area contributed by atoms with Gasteiger partial charge in [-0.15, -0.1) is 10.2 Å². The van der Waals surface area contributed by atoms with E-state index in [4.69, 9.17) is 121 Å². The Kier molecular flexibility index (Phi) is 57.0. The molecule has 37 nitrogen and oxygen atoms in total. The molecule has 0 fully saturated rings. The number of benzene rings is 6. The standard InChI is InChI=1S/C17H12Cl2F3N5O4S.C17H10Cl2F3N5O2S2.C9H10ClNO4S.C8H8ClNO4S.C8H6ClNO4.C8H8ClNO2.CH3ClO2S.CH4.2ClH.Li.H2O.P2S5.Sn/c1-32(30,31)26-9-2-3-10(11(18)5-9)15(28)24-25-16(29)13-7-27-6-8(17(20,21)22)4-12(19)14(27)23-13;1-31(28,29)26-9-2-3-10(11(18)5-9)15-24-25-16(30-15)13-7-27-6-8(17(20,21)22)4-12(19)14(27)23-13;1-15-9(12)7-4-3-6(5-8(7)10)11-16(2,13)14;1-15(13,14)10-5-2-3-6(8(11)12)7(9)4-5;1-14-8(11)6-3-2-5(10(12)13)4-7(6)9;1-12-8(11)6-3-2-5(10)4-7(6)9;1-5(2,3)4;;;;;;3-1-2-5-7-6-4;/h2-7,26H,1H3,(H,24,28)(H,25,29);2-7,26H,1H3;3-5,11H,1-2H3;2-4,10H,1H3,(H,11,12);2-4H,1H3;2-4H,10H2,1H3;1H3;1H4;2*1H;;1H2;;/q;;;;;;;;;;+1;;;+2/p-3. The molecule has 0 aliphatic carbocycles. The average molecular weight is 2500 g/mol. The number of carbonyl (C=O) groups is 6. The van der Waals surface area contributed by atoms with Crippen molar-refractivity contribution in [3.05, 3.63) is 241 Å². The molecule has 0 spiro atoms. The van der Waals surface area contributed by atoms with Gasteiger partial charge in [-0.3, -0.25) is 49.4 Å². The van der Waals surface area contributed by atoms with Gasteiger partial charge >= 0.3 is 91.8 Å². The van der Waals surface area contributed by atoms with Crippen LogP contribution in [0.2, 0.25) is 40.2 Å². The number of nitrogen functional groups attached to an aromatic ring is 1. The van der Waals surface area contributed by atoms with Crippen LogP contribution in [-0.2, 0) is 126 Å². The van der Waals surface area contributed by atoms with E-state index in [-0.39, 0.29) is 135 Å². The van der Waals surface area contributed by atoms with Gasteiger partial charge in [-0.2, -0.15) is 26.3 Å². The number of aromatic carboxylic acids is 1. The number of anilines is 5. The van der Waals surface area contributed by atoms with E-state index < -0.39 is 132 Å². The van der Waals surface area contributed by atoms with Crippen LogP contribution in [-0.4, -0.2) is 194 Å². The number of nitro groups is 1. The molecule has 0 saturated carbocycles. The Morgan fingerprint density at radius 3 is 1.23 bits per heavy atom. The number of esters is 3. The zero-order valence-corrected chi connectivity index (χ0v) is 91.3. The molecule has 11 rings (SSSR count). The number of hydrogen-bond donors (Lipinski definition) is 8. The smallest absolute Gasteiger partial charge is 0.870 e. The van der Waals surface area contributed by atoms with Gasteiger partial charge in [0.15, 0.2) is 16.3 Å². The number of aromatic nitrogens is 6. The number of pyridine rings is 2. The van der Waals surface area contributed by atoms with Crippen LogP contribution in [0.4, 0.5) is 60.5 Å². The maximum Gasteiger partial charge on any atom is 1.00 e. The Bertz CT molecular complexity index is 7060. The van der Waals surface area contributed by atoms with Crippen LogP contribution in [0.1, 0.15) is 80.8 Å². The van der Waals surface area contributed by atoms with Crippen molar-refractivity contribution in [1.82, 2.24) is 39.8 Å². The van der Waals surface area contributed by atoms with Crippen LogP contribution in [0.25, 0.3) is 32.6 Å². The molecule has 5 heterocycles. The number of carboxylic acids is 1. The van der Waals surface area contributed by atoms with Crippen LogP contribution >= 0.6 is 147 Å². The number of nitro benzene ring substituents is 1. The Balaban J connectivity index is 0.00000163. The average Bonchev–Trinajstić information content (AvgIpc) is 1.64. The molecular formula is C69H62Cl11F6LiN14O23P2S11Sn. The predicted octanol–water partition coefficient (Wildman–Crippen LogP) is 15.3. The number of carboxylic acid groups (broad SMARTS) is 1. The number of amides is 2. The van der Waals surface area contributed by atoms with Crippen LogP contribution in [0.5, 0.6) is 0 Å². The van der Waals surface area contributed by atoms with E-state index >= 15 is 0 Å². The van der Waals surface area contributed by atoms with Crippen LogP contribution < -0.4 is 54.3 Å². The summed E-state index contributed by atoms with van der Waals surface area (Å²) in [5.41, 5.74) is 9.92. The summed E-state index contributed by atoms with van der Waals surface area (Å²) in [5, 5.41) is 27.9. The molecule has 69 heteroatoms. The van der Waals surface area contributed by atoms with Crippen molar-refractivity contribution in [2.75, 3.05) is 77.2 Å². The minimum absolute atomic E-state index is 0. The fourth-order valence-corrected chi connectivity index (χ4v) is 23.8. The molecule has 0 aliphatic rings. The van der Waals surface area contributed by atoms with Gasteiger partial charge in [0.2, 0.25) is 49.1 Å². The molecule has 2 amide bonds. The number of rotatable bonds is 18. The maximum absolute atomic E-state index is 13.0. The van der Waals surface area contributed by atoms with Gasteiger partial charge < -0.3 is 39.3 Å². The summed E-state index contributed by atoms with van der Waals surface area (Å²) >= 11 is 56.3. The second-order valence-corrected chi connectivity index (χ2v) is 52.8. The van der Waals surface area contributed by atoms with E-state index in [0.29, 0.717) is 43.6 Å². The van der Waals surface area contributed by atoms with Crippen molar-refractivity contribution in [2.45, 2.75) is 19.8 Å². The van der Waals surface area contributed by atoms with E-state index in [2.05, 4.69) is 97.8 Å². The monoisotopic (exact) mass is 2490 g/mol.